The summed E-state index contributed by atoms with van der Waals surface area (Å²) in [6.07, 6.45) is -9.84. The molecule has 0 radical (unpaired) electrons. The van der Waals surface area contributed by atoms with Crippen LogP contribution in [-0.4, -0.2) is 4.98 Å². The molecule has 0 aliphatic carbocycles. The number of nitrogen functional groups attached to an aromatic ring is 1. The Morgan fingerprint density at radius 1 is 1.05 bits per heavy atom. The van der Waals surface area contributed by atoms with E-state index < -0.39 is 38.2 Å². The van der Waals surface area contributed by atoms with Crippen LogP contribution < -0.4 is 5.73 Å². The molecular formula is C9H3BrF6N2S. The minimum atomic E-state index is -4.93. The van der Waals surface area contributed by atoms with Crippen LogP contribution in [0.1, 0.15) is 11.1 Å². The lowest BCUT2D eigenvalue weighted by Crippen LogP contribution is -2.12. The predicted molar refractivity (Wildman–Crippen MR) is 61.7 cm³/mol. The van der Waals surface area contributed by atoms with Crippen molar-refractivity contribution in [3.05, 3.63) is 21.7 Å². The van der Waals surface area contributed by atoms with Crippen LogP contribution in [0.5, 0.6) is 0 Å². The molecule has 0 fully saturated rings. The normalized spacial score (nSPS) is 13.2. The van der Waals surface area contributed by atoms with Crippen LogP contribution in [-0.2, 0) is 12.4 Å². The highest BCUT2D eigenvalue weighted by atomic mass is 79.9. The number of nitrogens with two attached hydrogens (primary N) is 1. The van der Waals surface area contributed by atoms with Crippen LogP contribution in [0.25, 0.3) is 10.2 Å². The number of anilines is 1. The van der Waals surface area contributed by atoms with Gasteiger partial charge in [0, 0.05) is 0 Å². The van der Waals surface area contributed by atoms with Crippen LogP contribution in [0.2, 0.25) is 0 Å². The first-order valence-corrected chi connectivity index (χ1v) is 6.15. The SMILES string of the molecule is Nc1nc2c(Br)c(C(F)(F)F)cc(C(F)(F)F)c2s1. The van der Waals surface area contributed by atoms with Gasteiger partial charge in [0.2, 0.25) is 0 Å². The number of thiazole rings is 1. The first-order valence-electron chi connectivity index (χ1n) is 4.54. The highest BCUT2D eigenvalue weighted by Gasteiger charge is 2.41. The number of halogens is 7. The summed E-state index contributed by atoms with van der Waals surface area (Å²) >= 11 is 3.12. The van der Waals surface area contributed by atoms with Crippen LogP contribution in [0, 0.1) is 0 Å². The molecule has 0 saturated heterocycles. The van der Waals surface area contributed by atoms with Crippen molar-refractivity contribution in [1.29, 1.82) is 0 Å². The summed E-state index contributed by atoms with van der Waals surface area (Å²) in [5.74, 6) is 0. The summed E-state index contributed by atoms with van der Waals surface area (Å²) in [7, 11) is 0. The summed E-state index contributed by atoms with van der Waals surface area (Å²) in [5.41, 5.74) is 2.00. The van der Waals surface area contributed by atoms with Crippen molar-refractivity contribution in [3.8, 4) is 0 Å². The van der Waals surface area contributed by atoms with Gasteiger partial charge in [-0.2, -0.15) is 26.3 Å². The molecule has 0 aliphatic rings. The van der Waals surface area contributed by atoms with E-state index >= 15 is 0 Å². The molecule has 0 aliphatic heterocycles. The molecule has 0 atom stereocenters. The van der Waals surface area contributed by atoms with Gasteiger partial charge in [0.1, 0.15) is 0 Å². The summed E-state index contributed by atoms with van der Waals surface area (Å²) in [4.78, 5) is 3.51. The van der Waals surface area contributed by atoms with Crippen molar-refractivity contribution < 1.29 is 26.3 Å². The van der Waals surface area contributed by atoms with Crippen molar-refractivity contribution >= 4 is 42.6 Å². The number of hydrogen-bond acceptors (Lipinski definition) is 3. The van der Waals surface area contributed by atoms with E-state index in [2.05, 4.69) is 20.9 Å². The Morgan fingerprint density at radius 2 is 1.58 bits per heavy atom. The van der Waals surface area contributed by atoms with Crippen LogP contribution in [0.15, 0.2) is 10.5 Å². The number of nitrogens with zero attached hydrogens (tertiary/aromatic N) is 1. The molecule has 1 aromatic carbocycles. The van der Waals surface area contributed by atoms with Crippen LogP contribution >= 0.6 is 27.3 Å². The first kappa shape index (κ1) is 14.4. The maximum Gasteiger partial charge on any atom is 0.417 e. The zero-order valence-electron chi connectivity index (χ0n) is 8.66. The molecule has 2 aromatic rings. The molecule has 0 unspecified atom stereocenters. The Kier molecular flexibility index (Phi) is 3.21. The summed E-state index contributed by atoms with van der Waals surface area (Å²) in [6, 6.07) is 0.0596. The van der Waals surface area contributed by atoms with Crippen molar-refractivity contribution in [2.45, 2.75) is 12.4 Å². The van der Waals surface area contributed by atoms with E-state index in [1.165, 1.54) is 0 Å². The Labute approximate surface area is 114 Å². The van der Waals surface area contributed by atoms with E-state index in [1.807, 2.05) is 0 Å². The van der Waals surface area contributed by atoms with Gasteiger partial charge in [0.15, 0.2) is 5.13 Å². The van der Waals surface area contributed by atoms with Gasteiger partial charge in [0.25, 0.3) is 0 Å². The average molecular weight is 365 g/mol. The topological polar surface area (TPSA) is 38.9 Å². The quantitative estimate of drug-likeness (QED) is 0.689. The molecule has 1 heterocycles. The molecule has 2 nitrogen and oxygen atoms in total. The van der Waals surface area contributed by atoms with Crippen molar-refractivity contribution in [2.24, 2.45) is 0 Å². The van der Waals surface area contributed by atoms with E-state index in [0.717, 1.165) is 0 Å². The number of rotatable bonds is 0. The third-order valence-electron chi connectivity index (χ3n) is 2.23. The lowest BCUT2D eigenvalue weighted by Gasteiger charge is -2.14. The van der Waals surface area contributed by atoms with E-state index in [4.69, 9.17) is 5.73 Å². The van der Waals surface area contributed by atoms with Crippen molar-refractivity contribution in [3.63, 3.8) is 0 Å². The first-order chi connectivity index (χ1) is 8.51. The van der Waals surface area contributed by atoms with Gasteiger partial charge < -0.3 is 5.73 Å². The second kappa shape index (κ2) is 4.23. The number of hydrogen-bond donors (Lipinski definition) is 1. The van der Waals surface area contributed by atoms with Crippen LogP contribution in [0.4, 0.5) is 31.5 Å². The second-order valence-electron chi connectivity index (χ2n) is 3.51. The Morgan fingerprint density at radius 3 is 2.05 bits per heavy atom. The predicted octanol–water partition coefficient (Wildman–Crippen LogP) is 4.68. The van der Waals surface area contributed by atoms with Gasteiger partial charge in [-0.25, -0.2) is 4.98 Å². The summed E-state index contributed by atoms with van der Waals surface area (Å²) in [6.45, 7) is 0. The Hall–Kier alpha value is -1.03. The molecule has 0 bridgehead atoms. The minimum absolute atomic E-state index is 0.0596. The Balaban J connectivity index is 2.92. The highest BCUT2D eigenvalue weighted by molar-refractivity contribution is 9.10. The van der Waals surface area contributed by atoms with Gasteiger partial charge in [-0.15, -0.1) is 0 Å². The third kappa shape index (κ3) is 2.50. The number of benzene rings is 1. The molecule has 2 rings (SSSR count). The molecule has 19 heavy (non-hydrogen) atoms. The fraction of sp³-hybridized carbons (Fsp3) is 0.222. The maximum absolute atomic E-state index is 12.8. The molecule has 2 N–H and O–H groups in total. The van der Waals surface area contributed by atoms with Gasteiger partial charge in [-0.3, -0.25) is 0 Å². The number of fused-ring (bicyclic) bond motifs is 1. The number of aromatic nitrogens is 1. The lowest BCUT2D eigenvalue weighted by molar-refractivity contribution is -0.142. The monoisotopic (exact) mass is 364 g/mol. The zero-order chi connectivity index (χ0) is 14.6. The van der Waals surface area contributed by atoms with E-state index in [-0.39, 0.29) is 11.2 Å². The minimum Gasteiger partial charge on any atom is -0.375 e. The smallest absolute Gasteiger partial charge is 0.375 e. The molecule has 1 aromatic heterocycles. The van der Waals surface area contributed by atoms with Crippen molar-refractivity contribution in [1.82, 2.24) is 4.98 Å². The lowest BCUT2D eigenvalue weighted by atomic mass is 10.1. The highest BCUT2D eigenvalue weighted by Crippen LogP contribution is 2.46. The molecule has 0 spiro atoms. The van der Waals surface area contributed by atoms with Crippen molar-refractivity contribution in [2.75, 3.05) is 5.73 Å². The van der Waals surface area contributed by atoms with Gasteiger partial charge >= 0.3 is 12.4 Å². The Bertz CT molecular complexity index is 645. The molecule has 0 saturated carbocycles. The van der Waals surface area contributed by atoms with E-state index in [9.17, 15) is 26.3 Å². The average Bonchev–Trinajstić information content (AvgIpc) is 2.56. The fourth-order valence-electron chi connectivity index (χ4n) is 1.49. The maximum atomic E-state index is 12.8. The standard InChI is InChI=1S/C9H3BrF6N2S/c10-4-2(8(11,12)13)1-3(9(14,15)16)6-5(4)18-7(17)19-6/h1H,(H2,17,18). The van der Waals surface area contributed by atoms with Gasteiger partial charge in [0.05, 0.1) is 25.8 Å². The third-order valence-corrected chi connectivity index (χ3v) is 3.95. The second-order valence-corrected chi connectivity index (χ2v) is 5.33. The van der Waals surface area contributed by atoms with Gasteiger partial charge in [-0.05, 0) is 22.0 Å². The van der Waals surface area contributed by atoms with E-state index in [0.29, 0.717) is 11.3 Å². The van der Waals surface area contributed by atoms with E-state index in [1.54, 1.807) is 0 Å². The number of alkyl halides is 6. The molecule has 104 valence electrons. The summed E-state index contributed by atoms with van der Waals surface area (Å²) < 4.78 is 75.5. The zero-order valence-corrected chi connectivity index (χ0v) is 11.1. The molecule has 0 amide bonds. The largest absolute Gasteiger partial charge is 0.417 e. The molecule has 10 heteroatoms. The molecular weight excluding hydrogens is 362 g/mol. The fourth-order valence-corrected chi connectivity index (χ4v) is 3.12. The van der Waals surface area contributed by atoms with Crippen LogP contribution in [0.3, 0.4) is 0 Å². The summed E-state index contributed by atoms with van der Waals surface area (Å²) in [5, 5.41) is -0.236. The van der Waals surface area contributed by atoms with Gasteiger partial charge in [-0.1, -0.05) is 11.3 Å².